The van der Waals surface area contributed by atoms with Gasteiger partial charge in [-0.15, -0.1) is 0 Å². The van der Waals surface area contributed by atoms with Gasteiger partial charge in [0.2, 0.25) is 0 Å². The molecule has 0 aliphatic rings. The molecule has 0 fully saturated rings. The van der Waals surface area contributed by atoms with Crippen molar-refractivity contribution in [2.24, 2.45) is 5.92 Å². The van der Waals surface area contributed by atoms with Gasteiger partial charge in [-0.1, -0.05) is 84.1 Å². The third-order valence-electron chi connectivity index (χ3n) is 3.51. The molecule has 0 aromatic rings. The lowest BCUT2D eigenvalue weighted by atomic mass is 10.0. The number of hydrogen-bond acceptors (Lipinski definition) is 1. The van der Waals surface area contributed by atoms with Gasteiger partial charge in [0.1, 0.15) is 0 Å². The molecule has 0 unspecified atom stereocenters. The molecule has 1 nitrogen and oxygen atoms in total. The van der Waals surface area contributed by atoms with Crippen molar-refractivity contribution in [2.75, 3.05) is 0 Å². The van der Waals surface area contributed by atoms with Crippen molar-refractivity contribution < 1.29 is 5.11 Å². The van der Waals surface area contributed by atoms with Gasteiger partial charge in [-0.05, 0) is 18.8 Å². The highest BCUT2D eigenvalue weighted by Gasteiger charge is 1.95. The number of unbranched alkanes of at least 4 members (excludes halogenated alkanes) is 10. The van der Waals surface area contributed by atoms with Gasteiger partial charge < -0.3 is 5.11 Å². The van der Waals surface area contributed by atoms with Crippen LogP contribution < -0.4 is 0 Å². The van der Waals surface area contributed by atoms with E-state index in [-0.39, 0.29) is 0 Å². The first kappa shape index (κ1) is 17.5. The molecule has 0 saturated heterocycles. The van der Waals surface area contributed by atoms with Crippen LogP contribution in [0.25, 0.3) is 0 Å². The summed E-state index contributed by atoms with van der Waals surface area (Å²) in [6.45, 7) is 4.63. The largest absolute Gasteiger partial charge is 0.516 e. The molecule has 0 aliphatic heterocycles. The predicted molar refractivity (Wildman–Crippen MR) is 82.0 cm³/mol. The van der Waals surface area contributed by atoms with Crippen molar-refractivity contribution in [3.8, 4) is 0 Å². The third kappa shape index (κ3) is 15.5. The van der Waals surface area contributed by atoms with Gasteiger partial charge in [0, 0.05) is 0 Å². The lowest BCUT2D eigenvalue weighted by Gasteiger charge is -2.04. The van der Waals surface area contributed by atoms with Crippen molar-refractivity contribution >= 4 is 0 Å². The minimum Gasteiger partial charge on any atom is -0.516 e. The maximum absolute atomic E-state index is 8.48. The van der Waals surface area contributed by atoms with E-state index in [0.717, 1.165) is 12.3 Å². The molecular weight excluding hydrogens is 220 g/mol. The van der Waals surface area contributed by atoms with E-state index < -0.39 is 0 Å². The summed E-state index contributed by atoms with van der Waals surface area (Å²) in [7, 11) is 0. The van der Waals surface area contributed by atoms with Crippen LogP contribution >= 0.6 is 0 Å². The molecule has 0 radical (unpaired) electrons. The Morgan fingerprint density at radius 1 is 0.722 bits per heavy atom. The van der Waals surface area contributed by atoms with E-state index in [1.54, 1.807) is 0 Å². The van der Waals surface area contributed by atoms with Crippen LogP contribution in [0.4, 0.5) is 0 Å². The molecule has 0 bridgehead atoms. The zero-order valence-electron chi connectivity index (χ0n) is 12.7. The van der Waals surface area contributed by atoms with Gasteiger partial charge in [-0.2, -0.15) is 0 Å². The standard InChI is InChI=1S/C17H34O/c1-17(2)15-13-11-9-7-5-3-4-6-8-10-12-14-16-18/h14,16-18H,3-13,15H2,1-2H3. The monoisotopic (exact) mass is 254 g/mol. The van der Waals surface area contributed by atoms with Crippen LogP contribution in [-0.4, -0.2) is 5.11 Å². The number of allylic oxidation sites excluding steroid dienone is 1. The highest BCUT2D eigenvalue weighted by atomic mass is 16.2. The Morgan fingerprint density at radius 3 is 1.61 bits per heavy atom. The first-order valence-corrected chi connectivity index (χ1v) is 8.06. The summed E-state index contributed by atoms with van der Waals surface area (Å²) in [6, 6.07) is 0. The molecule has 0 atom stereocenters. The van der Waals surface area contributed by atoms with E-state index in [0.29, 0.717) is 0 Å². The van der Waals surface area contributed by atoms with Crippen LogP contribution in [0.5, 0.6) is 0 Å². The SMILES string of the molecule is CC(C)CCCCCCCCCCCCC=CO. The average Bonchev–Trinajstić information content (AvgIpc) is 2.34. The van der Waals surface area contributed by atoms with Crippen molar-refractivity contribution in [1.29, 1.82) is 0 Å². The molecule has 0 aromatic heterocycles. The first-order valence-electron chi connectivity index (χ1n) is 8.06. The maximum atomic E-state index is 8.48. The Labute approximate surface area is 115 Å². The number of aliphatic hydroxyl groups excluding tert-OH is 1. The zero-order valence-corrected chi connectivity index (χ0v) is 12.7. The quantitative estimate of drug-likeness (QED) is 0.298. The van der Waals surface area contributed by atoms with Crippen LogP contribution in [0, 0.1) is 5.92 Å². The molecule has 0 heterocycles. The minimum atomic E-state index is 0.880. The van der Waals surface area contributed by atoms with Crippen molar-refractivity contribution in [3.63, 3.8) is 0 Å². The van der Waals surface area contributed by atoms with Crippen molar-refractivity contribution in [2.45, 2.75) is 90.9 Å². The Hall–Kier alpha value is -0.460. The molecule has 0 aliphatic carbocycles. The van der Waals surface area contributed by atoms with E-state index in [1.165, 1.54) is 76.9 Å². The Balaban J connectivity index is 2.94. The second-order valence-corrected chi connectivity index (χ2v) is 5.89. The molecule has 0 spiro atoms. The van der Waals surface area contributed by atoms with E-state index in [2.05, 4.69) is 13.8 Å². The molecule has 0 saturated carbocycles. The Bertz CT molecular complexity index is 172. The Morgan fingerprint density at radius 2 is 1.17 bits per heavy atom. The number of rotatable bonds is 13. The van der Waals surface area contributed by atoms with Crippen molar-refractivity contribution in [1.82, 2.24) is 0 Å². The van der Waals surface area contributed by atoms with Crippen LogP contribution in [-0.2, 0) is 0 Å². The molecule has 0 amide bonds. The summed E-state index contributed by atoms with van der Waals surface area (Å²) in [5.74, 6) is 0.880. The van der Waals surface area contributed by atoms with Crippen LogP contribution in [0.3, 0.4) is 0 Å². The normalized spacial score (nSPS) is 11.7. The minimum absolute atomic E-state index is 0.880. The van der Waals surface area contributed by atoms with Crippen molar-refractivity contribution in [3.05, 3.63) is 12.3 Å². The summed E-state index contributed by atoms with van der Waals surface area (Å²) < 4.78 is 0. The fourth-order valence-electron chi connectivity index (χ4n) is 2.30. The highest BCUT2D eigenvalue weighted by molar-refractivity contribution is 4.70. The molecule has 1 N–H and O–H groups in total. The average molecular weight is 254 g/mol. The predicted octanol–water partition coefficient (Wildman–Crippen LogP) is 6.40. The van der Waals surface area contributed by atoms with E-state index in [9.17, 15) is 0 Å². The fraction of sp³-hybridized carbons (Fsp3) is 0.882. The fourth-order valence-corrected chi connectivity index (χ4v) is 2.30. The molecular formula is C17H34O. The molecule has 0 rings (SSSR count). The maximum Gasteiger partial charge on any atom is 0.0751 e. The van der Waals surface area contributed by atoms with Crippen LogP contribution in [0.2, 0.25) is 0 Å². The summed E-state index contributed by atoms with van der Waals surface area (Å²) in [5, 5.41) is 8.48. The van der Waals surface area contributed by atoms with Crippen LogP contribution in [0.15, 0.2) is 12.3 Å². The molecule has 18 heavy (non-hydrogen) atoms. The highest BCUT2D eigenvalue weighted by Crippen LogP contribution is 2.13. The van der Waals surface area contributed by atoms with Gasteiger partial charge in [-0.3, -0.25) is 0 Å². The molecule has 108 valence electrons. The zero-order chi connectivity index (χ0) is 13.5. The lowest BCUT2D eigenvalue weighted by molar-refractivity contribution is 0.469. The van der Waals surface area contributed by atoms with E-state index in [1.807, 2.05) is 6.08 Å². The Kier molecular flexibility index (Phi) is 14.2. The van der Waals surface area contributed by atoms with E-state index in [4.69, 9.17) is 5.11 Å². The molecule has 0 aromatic carbocycles. The molecule has 1 heteroatoms. The lowest BCUT2D eigenvalue weighted by Crippen LogP contribution is -1.87. The topological polar surface area (TPSA) is 20.2 Å². The van der Waals surface area contributed by atoms with Gasteiger partial charge in [0.15, 0.2) is 0 Å². The summed E-state index contributed by atoms with van der Waals surface area (Å²) >= 11 is 0. The van der Waals surface area contributed by atoms with E-state index >= 15 is 0 Å². The number of aliphatic hydroxyl groups is 1. The van der Waals surface area contributed by atoms with Gasteiger partial charge >= 0.3 is 0 Å². The summed E-state index contributed by atoms with van der Waals surface area (Å²) in [6.07, 6.45) is 19.3. The third-order valence-corrected chi connectivity index (χ3v) is 3.51. The first-order chi connectivity index (χ1) is 8.77. The van der Waals surface area contributed by atoms with Gasteiger partial charge in [0.25, 0.3) is 0 Å². The van der Waals surface area contributed by atoms with Gasteiger partial charge in [0.05, 0.1) is 6.26 Å². The van der Waals surface area contributed by atoms with Gasteiger partial charge in [-0.25, -0.2) is 0 Å². The summed E-state index contributed by atoms with van der Waals surface area (Å²) in [5.41, 5.74) is 0. The summed E-state index contributed by atoms with van der Waals surface area (Å²) in [4.78, 5) is 0. The second-order valence-electron chi connectivity index (χ2n) is 5.89. The smallest absolute Gasteiger partial charge is 0.0751 e. The number of hydrogen-bond donors (Lipinski definition) is 1. The van der Waals surface area contributed by atoms with Crippen LogP contribution in [0.1, 0.15) is 90.9 Å². The second kappa shape index (κ2) is 14.6.